The summed E-state index contributed by atoms with van der Waals surface area (Å²) in [5.41, 5.74) is 0. The molecule has 2 fully saturated rings. The molecule has 0 amide bonds. The Morgan fingerprint density at radius 1 is 1.18 bits per heavy atom. The summed E-state index contributed by atoms with van der Waals surface area (Å²) in [5.74, 6) is 1.54. The number of halogens is 1. The molecule has 2 unspecified atom stereocenters. The highest BCUT2D eigenvalue weighted by Gasteiger charge is 2.17. The average Bonchev–Trinajstić information content (AvgIpc) is 3.19. The minimum atomic E-state index is 0. The van der Waals surface area contributed by atoms with Gasteiger partial charge >= 0.3 is 0 Å². The van der Waals surface area contributed by atoms with Gasteiger partial charge in [0.05, 0.1) is 13.2 Å². The Kier molecular flexibility index (Phi) is 15.4. The summed E-state index contributed by atoms with van der Waals surface area (Å²) in [7, 11) is 0. The smallest absolute Gasteiger partial charge is 0.191 e. The van der Waals surface area contributed by atoms with E-state index in [-0.39, 0.29) is 24.0 Å². The Labute approximate surface area is 189 Å². The van der Waals surface area contributed by atoms with Gasteiger partial charge in [-0.15, -0.1) is 24.0 Å². The number of ether oxygens (including phenoxy) is 2. The number of likely N-dealkylation sites (tertiary alicyclic amines) is 1. The largest absolute Gasteiger partial charge is 0.381 e. The molecule has 2 atom stereocenters. The molecule has 2 aliphatic rings. The van der Waals surface area contributed by atoms with Gasteiger partial charge in [-0.05, 0) is 65.5 Å². The molecule has 2 N–H and O–H groups in total. The van der Waals surface area contributed by atoms with E-state index in [1.807, 2.05) is 0 Å². The van der Waals surface area contributed by atoms with Crippen molar-refractivity contribution in [3.8, 4) is 0 Å². The zero-order chi connectivity index (χ0) is 19.2. The van der Waals surface area contributed by atoms with Crippen molar-refractivity contribution in [1.29, 1.82) is 0 Å². The van der Waals surface area contributed by atoms with Gasteiger partial charge in [0.15, 0.2) is 5.96 Å². The molecule has 2 rings (SSSR count). The molecule has 166 valence electrons. The molecule has 28 heavy (non-hydrogen) atoms. The van der Waals surface area contributed by atoms with E-state index >= 15 is 0 Å². The SMILES string of the molecule is CCNC(=NCCCOCC1CCOC1)NCCCCN1CCCCC1C.I. The minimum absolute atomic E-state index is 0. The molecule has 0 aliphatic carbocycles. The Hall–Kier alpha value is -0.120. The van der Waals surface area contributed by atoms with Crippen LogP contribution in [0.15, 0.2) is 4.99 Å². The summed E-state index contributed by atoms with van der Waals surface area (Å²) in [6.45, 7) is 13.1. The van der Waals surface area contributed by atoms with Gasteiger partial charge in [-0.25, -0.2) is 0 Å². The summed E-state index contributed by atoms with van der Waals surface area (Å²) in [5, 5.41) is 6.81. The minimum Gasteiger partial charge on any atom is -0.381 e. The van der Waals surface area contributed by atoms with Crippen molar-refractivity contribution in [2.45, 2.75) is 64.8 Å². The summed E-state index contributed by atoms with van der Waals surface area (Å²) < 4.78 is 11.1. The highest BCUT2D eigenvalue weighted by atomic mass is 127. The molecule has 2 aliphatic heterocycles. The lowest BCUT2D eigenvalue weighted by molar-refractivity contribution is 0.0893. The molecule has 7 heteroatoms. The molecular weight excluding hydrogens is 467 g/mol. The van der Waals surface area contributed by atoms with Crippen molar-refractivity contribution in [2.75, 3.05) is 59.2 Å². The third-order valence-electron chi connectivity index (χ3n) is 5.54. The van der Waals surface area contributed by atoms with Crippen LogP contribution in [-0.4, -0.2) is 76.1 Å². The van der Waals surface area contributed by atoms with Crippen LogP contribution in [0.2, 0.25) is 0 Å². The van der Waals surface area contributed by atoms with Gasteiger partial charge in [0.25, 0.3) is 0 Å². The molecular formula is C21H43IN4O2. The number of piperidine rings is 1. The van der Waals surface area contributed by atoms with Gasteiger partial charge in [0, 0.05) is 44.8 Å². The Morgan fingerprint density at radius 3 is 2.82 bits per heavy atom. The lowest BCUT2D eigenvalue weighted by Crippen LogP contribution is -2.39. The molecule has 6 nitrogen and oxygen atoms in total. The topological polar surface area (TPSA) is 58.1 Å². The van der Waals surface area contributed by atoms with E-state index in [2.05, 4.69) is 34.4 Å². The van der Waals surface area contributed by atoms with Crippen LogP contribution in [0.1, 0.15) is 58.8 Å². The second-order valence-electron chi connectivity index (χ2n) is 7.93. The van der Waals surface area contributed by atoms with E-state index in [1.165, 1.54) is 45.2 Å². The van der Waals surface area contributed by atoms with Crippen LogP contribution in [0, 0.1) is 5.92 Å². The standard InChI is InChI=1S/C21H42N4O2.HI/c1-3-22-21(24-12-8-15-26-17-20-10-16-27-18-20)23-11-5-7-14-25-13-6-4-9-19(25)2;/h19-20H,3-18H2,1-2H3,(H2,22,23,24);1H. The van der Waals surface area contributed by atoms with Gasteiger partial charge in [0.2, 0.25) is 0 Å². The average molecular weight is 511 g/mol. The summed E-state index contributed by atoms with van der Waals surface area (Å²) in [6.07, 6.45) is 8.71. The first-order valence-electron chi connectivity index (χ1n) is 11.2. The van der Waals surface area contributed by atoms with Crippen LogP contribution in [0.25, 0.3) is 0 Å². The van der Waals surface area contributed by atoms with E-state index in [4.69, 9.17) is 9.47 Å². The fourth-order valence-corrected chi connectivity index (χ4v) is 3.80. The van der Waals surface area contributed by atoms with Crippen molar-refractivity contribution in [1.82, 2.24) is 15.5 Å². The predicted molar refractivity (Wildman–Crippen MR) is 128 cm³/mol. The first-order chi connectivity index (χ1) is 13.3. The molecule has 0 spiro atoms. The third-order valence-corrected chi connectivity index (χ3v) is 5.54. The highest BCUT2D eigenvalue weighted by molar-refractivity contribution is 14.0. The number of unbranched alkanes of at least 4 members (excludes halogenated alkanes) is 1. The number of hydrogen-bond donors (Lipinski definition) is 2. The van der Waals surface area contributed by atoms with Crippen LogP contribution < -0.4 is 10.6 Å². The molecule has 0 aromatic rings. The fourth-order valence-electron chi connectivity index (χ4n) is 3.80. The number of guanidine groups is 1. The molecule has 2 saturated heterocycles. The lowest BCUT2D eigenvalue weighted by Gasteiger charge is -2.33. The Balaban J connectivity index is 0.00000392. The maximum absolute atomic E-state index is 5.74. The van der Waals surface area contributed by atoms with E-state index in [0.717, 1.165) is 70.9 Å². The zero-order valence-electron chi connectivity index (χ0n) is 18.1. The van der Waals surface area contributed by atoms with Gasteiger partial charge in [0.1, 0.15) is 0 Å². The molecule has 0 saturated carbocycles. The monoisotopic (exact) mass is 510 g/mol. The lowest BCUT2D eigenvalue weighted by atomic mass is 10.0. The molecule has 0 radical (unpaired) electrons. The number of rotatable bonds is 12. The van der Waals surface area contributed by atoms with Crippen LogP contribution in [-0.2, 0) is 9.47 Å². The normalized spacial score (nSPS) is 23.4. The third kappa shape index (κ3) is 11.2. The van der Waals surface area contributed by atoms with Crippen LogP contribution in [0.4, 0.5) is 0 Å². The maximum atomic E-state index is 5.74. The summed E-state index contributed by atoms with van der Waals surface area (Å²) in [4.78, 5) is 7.31. The second-order valence-corrected chi connectivity index (χ2v) is 7.93. The van der Waals surface area contributed by atoms with Gasteiger partial charge in [-0.2, -0.15) is 0 Å². The van der Waals surface area contributed by atoms with Crippen molar-refractivity contribution in [3.05, 3.63) is 0 Å². The summed E-state index contributed by atoms with van der Waals surface area (Å²) >= 11 is 0. The van der Waals surface area contributed by atoms with Crippen molar-refractivity contribution in [3.63, 3.8) is 0 Å². The number of nitrogens with one attached hydrogen (secondary N) is 2. The van der Waals surface area contributed by atoms with Crippen molar-refractivity contribution in [2.24, 2.45) is 10.9 Å². The van der Waals surface area contributed by atoms with Gasteiger partial charge in [-0.1, -0.05) is 6.42 Å². The Bertz CT molecular complexity index is 406. The maximum Gasteiger partial charge on any atom is 0.191 e. The number of hydrogen-bond acceptors (Lipinski definition) is 4. The van der Waals surface area contributed by atoms with E-state index in [1.54, 1.807) is 0 Å². The second kappa shape index (κ2) is 16.7. The van der Waals surface area contributed by atoms with Crippen LogP contribution >= 0.6 is 24.0 Å². The van der Waals surface area contributed by atoms with E-state index in [9.17, 15) is 0 Å². The first-order valence-corrected chi connectivity index (χ1v) is 11.2. The van der Waals surface area contributed by atoms with Crippen LogP contribution in [0.5, 0.6) is 0 Å². The Morgan fingerprint density at radius 2 is 2.07 bits per heavy atom. The zero-order valence-corrected chi connectivity index (χ0v) is 20.4. The van der Waals surface area contributed by atoms with E-state index < -0.39 is 0 Å². The summed E-state index contributed by atoms with van der Waals surface area (Å²) in [6, 6.07) is 0.772. The quantitative estimate of drug-likeness (QED) is 0.183. The molecule has 2 heterocycles. The first kappa shape index (κ1) is 25.9. The van der Waals surface area contributed by atoms with Gasteiger partial charge in [-0.3, -0.25) is 4.99 Å². The van der Waals surface area contributed by atoms with Gasteiger partial charge < -0.3 is 25.0 Å². The van der Waals surface area contributed by atoms with Crippen LogP contribution in [0.3, 0.4) is 0 Å². The molecule has 0 aromatic heterocycles. The predicted octanol–water partition coefficient (Wildman–Crippen LogP) is 3.26. The highest BCUT2D eigenvalue weighted by Crippen LogP contribution is 2.16. The number of aliphatic imine (C=N–C) groups is 1. The van der Waals surface area contributed by atoms with Crippen molar-refractivity contribution >= 4 is 29.9 Å². The molecule has 0 bridgehead atoms. The molecule has 0 aromatic carbocycles. The number of nitrogens with zero attached hydrogens (tertiary/aromatic N) is 2. The van der Waals surface area contributed by atoms with E-state index in [0.29, 0.717) is 5.92 Å². The fraction of sp³-hybridized carbons (Fsp3) is 0.952. The van der Waals surface area contributed by atoms with Crippen molar-refractivity contribution < 1.29 is 9.47 Å².